The van der Waals surface area contributed by atoms with Crippen LogP contribution in [-0.2, 0) is 11.3 Å². The molecule has 0 atom stereocenters. The van der Waals surface area contributed by atoms with Crippen molar-refractivity contribution in [1.82, 2.24) is 4.98 Å². The first-order valence-corrected chi connectivity index (χ1v) is 10.1. The molecule has 2 aromatic carbocycles. The minimum atomic E-state index is -0.404. The van der Waals surface area contributed by atoms with Crippen molar-refractivity contribution < 1.29 is 9.53 Å². The summed E-state index contributed by atoms with van der Waals surface area (Å²) in [5, 5.41) is 1.85. The molecule has 0 aliphatic carbocycles. The van der Waals surface area contributed by atoms with Gasteiger partial charge in [-0.2, -0.15) is 0 Å². The molecule has 0 saturated heterocycles. The summed E-state index contributed by atoms with van der Waals surface area (Å²) < 4.78 is 6.49. The van der Waals surface area contributed by atoms with Crippen LogP contribution in [0.3, 0.4) is 0 Å². The third-order valence-corrected chi connectivity index (χ3v) is 6.70. The molecule has 130 valence electrons. The lowest BCUT2D eigenvalue weighted by Gasteiger charge is -2.07. The molecule has 26 heavy (non-hydrogen) atoms. The smallest absolute Gasteiger partial charge is 0.348 e. The van der Waals surface area contributed by atoms with E-state index in [-0.39, 0.29) is 6.61 Å². The molecule has 2 aromatic heterocycles. The van der Waals surface area contributed by atoms with Gasteiger partial charge in [-0.05, 0) is 36.4 Å². The molecule has 0 unspecified atom stereocenters. The number of carbonyl (C=O) groups excluding carboxylic acids is 1. The fourth-order valence-corrected chi connectivity index (χ4v) is 4.85. The molecule has 0 N–H and O–H groups in total. The number of aromatic nitrogens is 1. The topological polar surface area (TPSA) is 39.2 Å². The van der Waals surface area contributed by atoms with E-state index in [1.165, 1.54) is 11.3 Å². The Morgan fingerprint density at radius 3 is 2.50 bits per heavy atom. The van der Waals surface area contributed by atoms with E-state index >= 15 is 0 Å². The Bertz CT molecular complexity index is 1050. The number of nitrogens with zero attached hydrogens (tertiary/aromatic N) is 1. The van der Waals surface area contributed by atoms with Gasteiger partial charge in [-0.15, -0.1) is 22.7 Å². The minimum absolute atomic E-state index is 0.0334. The summed E-state index contributed by atoms with van der Waals surface area (Å²) in [4.78, 5) is 18.4. The quantitative estimate of drug-likeness (QED) is 0.345. The molecule has 0 bridgehead atoms. The summed E-state index contributed by atoms with van der Waals surface area (Å²) >= 11 is 15.2. The molecule has 0 radical (unpaired) electrons. The van der Waals surface area contributed by atoms with E-state index in [1.807, 2.05) is 30.3 Å². The van der Waals surface area contributed by atoms with Crippen molar-refractivity contribution in [2.24, 2.45) is 0 Å². The van der Waals surface area contributed by atoms with Gasteiger partial charge in [0.1, 0.15) is 16.5 Å². The van der Waals surface area contributed by atoms with Crippen LogP contribution in [0, 0.1) is 0 Å². The van der Waals surface area contributed by atoms with E-state index in [4.69, 9.17) is 27.9 Å². The lowest BCUT2D eigenvalue weighted by atomic mass is 10.2. The summed E-state index contributed by atoms with van der Waals surface area (Å²) in [6.07, 6.45) is 0. The monoisotopic (exact) mass is 419 g/mol. The molecule has 0 aliphatic rings. The number of fused-ring (bicyclic) bond motifs is 1. The number of ether oxygens (including phenoxy) is 1. The van der Waals surface area contributed by atoms with Gasteiger partial charge in [-0.25, -0.2) is 9.78 Å². The number of hydrogen-bond acceptors (Lipinski definition) is 5. The normalized spacial score (nSPS) is 11.0. The standard InChI is InChI=1S/C19H11Cl2NO2S2/c20-12-4-3-5-13(21)11(12)10-24-19(23)17-9-8-16(25-17)18-22-14-6-1-2-7-15(14)26-18/h1-9H,10H2. The van der Waals surface area contributed by atoms with Crippen LogP contribution in [0.4, 0.5) is 0 Å². The lowest BCUT2D eigenvalue weighted by Crippen LogP contribution is -2.03. The Balaban J connectivity index is 1.51. The zero-order chi connectivity index (χ0) is 18.1. The summed E-state index contributed by atoms with van der Waals surface area (Å²) in [6, 6.07) is 16.8. The number of esters is 1. The van der Waals surface area contributed by atoms with Crippen LogP contribution >= 0.6 is 45.9 Å². The maximum Gasteiger partial charge on any atom is 0.348 e. The number of thiazole rings is 1. The van der Waals surface area contributed by atoms with Crippen LogP contribution in [-0.4, -0.2) is 11.0 Å². The maximum atomic E-state index is 12.3. The van der Waals surface area contributed by atoms with Crippen LogP contribution in [0.5, 0.6) is 0 Å². The molecule has 4 rings (SSSR count). The van der Waals surface area contributed by atoms with Crippen molar-refractivity contribution in [2.45, 2.75) is 6.61 Å². The van der Waals surface area contributed by atoms with Crippen molar-refractivity contribution in [3.63, 3.8) is 0 Å². The second kappa shape index (κ2) is 7.37. The number of rotatable bonds is 4. The summed E-state index contributed by atoms with van der Waals surface area (Å²) in [5.41, 5.74) is 1.56. The van der Waals surface area contributed by atoms with E-state index in [1.54, 1.807) is 35.6 Å². The third-order valence-electron chi connectivity index (χ3n) is 3.72. The van der Waals surface area contributed by atoms with Gasteiger partial charge >= 0.3 is 5.97 Å². The van der Waals surface area contributed by atoms with E-state index in [9.17, 15) is 4.79 Å². The van der Waals surface area contributed by atoms with E-state index in [0.29, 0.717) is 20.5 Å². The van der Waals surface area contributed by atoms with Gasteiger partial charge in [-0.1, -0.05) is 41.4 Å². The Morgan fingerprint density at radius 1 is 0.962 bits per heavy atom. The largest absolute Gasteiger partial charge is 0.457 e. The number of halogens is 2. The fraction of sp³-hybridized carbons (Fsp3) is 0.0526. The zero-order valence-corrected chi connectivity index (χ0v) is 16.4. The summed E-state index contributed by atoms with van der Waals surface area (Å²) in [5.74, 6) is -0.404. The van der Waals surface area contributed by atoms with Gasteiger partial charge in [0, 0.05) is 15.6 Å². The highest BCUT2D eigenvalue weighted by molar-refractivity contribution is 7.26. The first-order chi connectivity index (χ1) is 12.6. The number of para-hydroxylation sites is 1. The van der Waals surface area contributed by atoms with Crippen molar-refractivity contribution >= 4 is 62.1 Å². The molecular weight excluding hydrogens is 409 g/mol. The van der Waals surface area contributed by atoms with E-state index in [2.05, 4.69) is 4.98 Å². The summed E-state index contributed by atoms with van der Waals surface area (Å²) in [7, 11) is 0. The van der Waals surface area contributed by atoms with Gasteiger partial charge in [0.2, 0.25) is 0 Å². The molecule has 4 aromatic rings. The first-order valence-electron chi connectivity index (χ1n) is 7.67. The Labute approximate surface area is 167 Å². The molecule has 0 saturated carbocycles. The second-order valence-corrected chi connectivity index (χ2v) is 8.36. The molecular formula is C19H11Cl2NO2S2. The predicted octanol–water partition coefficient (Wildman–Crippen LogP) is 6.69. The average molecular weight is 420 g/mol. The van der Waals surface area contributed by atoms with Crippen LogP contribution in [0.25, 0.3) is 20.1 Å². The van der Waals surface area contributed by atoms with Crippen LogP contribution in [0.15, 0.2) is 54.6 Å². The number of thiophene rings is 1. The second-order valence-electron chi connectivity index (χ2n) is 5.43. The predicted molar refractivity (Wildman–Crippen MR) is 109 cm³/mol. The van der Waals surface area contributed by atoms with Gasteiger partial charge in [0.25, 0.3) is 0 Å². The van der Waals surface area contributed by atoms with Crippen molar-refractivity contribution in [2.75, 3.05) is 0 Å². The molecule has 0 amide bonds. The van der Waals surface area contributed by atoms with Crippen molar-refractivity contribution in [3.8, 4) is 9.88 Å². The van der Waals surface area contributed by atoms with Crippen LogP contribution in [0.1, 0.15) is 15.2 Å². The SMILES string of the molecule is O=C(OCc1c(Cl)cccc1Cl)c1ccc(-c2nc3ccccc3s2)s1. The number of hydrogen-bond donors (Lipinski definition) is 0. The van der Waals surface area contributed by atoms with Gasteiger partial charge < -0.3 is 4.74 Å². The number of benzene rings is 2. The third kappa shape index (κ3) is 3.48. The Morgan fingerprint density at radius 2 is 1.73 bits per heavy atom. The zero-order valence-electron chi connectivity index (χ0n) is 13.2. The van der Waals surface area contributed by atoms with Crippen molar-refractivity contribution in [1.29, 1.82) is 0 Å². The van der Waals surface area contributed by atoms with E-state index in [0.717, 1.165) is 20.1 Å². The molecule has 0 spiro atoms. The van der Waals surface area contributed by atoms with Gasteiger partial charge in [0.05, 0.1) is 15.1 Å². The average Bonchev–Trinajstić information content (AvgIpc) is 3.28. The summed E-state index contributed by atoms with van der Waals surface area (Å²) in [6.45, 7) is 0.0334. The maximum absolute atomic E-state index is 12.3. The molecule has 0 aliphatic heterocycles. The number of carbonyl (C=O) groups is 1. The highest BCUT2D eigenvalue weighted by Crippen LogP contribution is 2.35. The van der Waals surface area contributed by atoms with Gasteiger partial charge in [0.15, 0.2) is 0 Å². The van der Waals surface area contributed by atoms with Gasteiger partial charge in [-0.3, -0.25) is 0 Å². The highest BCUT2D eigenvalue weighted by Gasteiger charge is 2.15. The molecule has 0 fully saturated rings. The highest BCUT2D eigenvalue weighted by atomic mass is 35.5. The Kier molecular flexibility index (Phi) is 4.96. The Hall–Kier alpha value is -1.92. The minimum Gasteiger partial charge on any atom is -0.457 e. The molecule has 2 heterocycles. The fourth-order valence-electron chi connectivity index (χ4n) is 2.42. The van der Waals surface area contributed by atoms with Crippen LogP contribution in [0.2, 0.25) is 10.0 Å². The molecule has 3 nitrogen and oxygen atoms in total. The van der Waals surface area contributed by atoms with Crippen molar-refractivity contribution in [3.05, 3.63) is 75.1 Å². The lowest BCUT2D eigenvalue weighted by molar-refractivity contribution is 0.0479. The van der Waals surface area contributed by atoms with Crippen LogP contribution < -0.4 is 0 Å². The first kappa shape index (κ1) is 17.5. The van der Waals surface area contributed by atoms with E-state index < -0.39 is 5.97 Å². The molecule has 7 heteroatoms.